The number of nitrogens with one attached hydrogen (secondary N) is 1. The summed E-state index contributed by atoms with van der Waals surface area (Å²) < 4.78 is 30.7. The fourth-order valence-corrected chi connectivity index (χ4v) is 2.51. The SMILES string of the molecule is CCCCCCCCCCC(=O)NC(C)COS(=O)(=O)OC.CN(C)C. The molecule has 0 aromatic heterocycles. The molecule has 7 nitrogen and oxygen atoms in total. The van der Waals surface area contributed by atoms with Crippen LogP contribution in [0.25, 0.3) is 0 Å². The van der Waals surface area contributed by atoms with Gasteiger partial charge in [-0.25, -0.2) is 4.18 Å². The minimum atomic E-state index is -3.94. The summed E-state index contributed by atoms with van der Waals surface area (Å²) in [6.45, 7) is 3.77. The molecule has 0 aromatic carbocycles. The van der Waals surface area contributed by atoms with E-state index in [-0.39, 0.29) is 18.6 Å². The van der Waals surface area contributed by atoms with Gasteiger partial charge in [-0.2, -0.15) is 8.42 Å². The maximum Gasteiger partial charge on any atom is 0.399 e. The second kappa shape index (κ2) is 17.7. The van der Waals surface area contributed by atoms with E-state index in [1.54, 1.807) is 6.92 Å². The van der Waals surface area contributed by atoms with Crippen molar-refractivity contribution in [3.63, 3.8) is 0 Å². The molecule has 0 radical (unpaired) electrons. The van der Waals surface area contributed by atoms with E-state index in [0.717, 1.165) is 20.0 Å². The van der Waals surface area contributed by atoms with Gasteiger partial charge in [0.2, 0.25) is 5.91 Å². The third kappa shape index (κ3) is 23.3. The summed E-state index contributed by atoms with van der Waals surface area (Å²) in [6.07, 6.45) is 9.95. The molecular weight excluding hydrogens is 356 g/mol. The highest BCUT2D eigenvalue weighted by molar-refractivity contribution is 7.81. The molecule has 0 fully saturated rings. The Morgan fingerprint density at radius 2 is 1.46 bits per heavy atom. The molecule has 0 rings (SSSR count). The highest BCUT2D eigenvalue weighted by Gasteiger charge is 2.13. The Morgan fingerprint density at radius 3 is 1.92 bits per heavy atom. The number of hydrogen-bond donors (Lipinski definition) is 1. The lowest BCUT2D eigenvalue weighted by Crippen LogP contribution is -2.36. The molecule has 0 aliphatic carbocycles. The van der Waals surface area contributed by atoms with Crippen LogP contribution in [0.3, 0.4) is 0 Å². The quantitative estimate of drug-likeness (QED) is 0.454. The Hall–Kier alpha value is -0.700. The summed E-state index contributed by atoms with van der Waals surface area (Å²) >= 11 is 0. The van der Waals surface area contributed by atoms with Gasteiger partial charge < -0.3 is 10.2 Å². The predicted molar refractivity (Wildman–Crippen MR) is 106 cm³/mol. The average Bonchev–Trinajstić information content (AvgIpc) is 2.55. The van der Waals surface area contributed by atoms with Crippen LogP contribution < -0.4 is 5.32 Å². The molecule has 0 heterocycles. The van der Waals surface area contributed by atoms with Gasteiger partial charge in [0.05, 0.1) is 19.8 Å². The molecule has 0 aliphatic heterocycles. The summed E-state index contributed by atoms with van der Waals surface area (Å²) in [4.78, 5) is 13.7. The van der Waals surface area contributed by atoms with Crippen molar-refractivity contribution in [3.05, 3.63) is 0 Å². The maximum absolute atomic E-state index is 11.7. The number of carbonyl (C=O) groups excluding carboxylic acids is 1. The summed E-state index contributed by atoms with van der Waals surface area (Å²) in [5, 5.41) is 2.71. The zero-order chi connectivity index (χ0) is 20.4. The van der Waals surface area contributed by atoms with E-state index in [9.17, 15) is 13.2 Å². The highest BCUT2D eigenvalue weighted by atomic mass is 32.3. The maximum atomic E-state index is 11.7. The molecule has 1 amide bonds. The van der Waals surface area contributed by atoms with Crippen LogP contribution in [-0.2, 0) is 23.6 Å². The second-order valence-corrected chi connectivity index (χ2v) is 8.28. The van der Waals surface area contributed by atoms with Crippen LogP contribution in [0.4, 0.5) is 0 Å². The molecular formula is C18H40N2O5S. The summed E-state index contributed by atoms with van der Waals surface area (Å²) in [7, 11) is 3.09. The first-order valence-electron chi connectivity index (χ1n) is 9.49. The van der Waals surface area contributed by atoms with Crippen LogP contribution in [0.15, 0.2) is 0 Å². The van der Waals surface area contributed by atoms with E-state index in [1.165, 1.54) is 38.5 Å². The first kappa shape index (κ1) is 27.5. The molecule has 0 saturated heterocycles. The van der Waals surface area contributed by atoms with E-state index in [1.807, 2.05) is 26.0 Å². The monoisotopic (exact) mass is 396 g/mol. The molecule has 0 aliphatic rings. The van der Waals surface area contributed by atoms with Crippen molar-refractivity contribution in [2.45, 2.75) is 77.7 Å². The molecule has 0 saturated carbocycles. The Morgan fingerprint density at radius 1 is 1.00 bits per heavy atom. The van der Waals surface area contributed by atoms with Crippen molar-refractivity contribution in [3.8, 4) is 0 Å². The van der Waals surface area contributed by atoms with Crippen LogP contribution in [-0.4, -0.2) is 60.1 Å². The van der Waals surface area contributed by atoms with Gasteiger partial charge in [-0.3, -0.25) is 8.98 Å². The lowest BCUT2D eigenvalue weighted by atomic mass is 10.1. The van der Waals surface area contributed by atoms with Crippen LogP contribution in [0.1, 0.15) is 71.6 Å². The largest absolute Gasteiger partial charge is 0.399 e. The normalized spacial score (nSPS) is 12.4. The van der Waals surface area contributed by atoms with Gasteiger partial charge in [0, 0.05) is 6.42 Å². The summed E-state index contributed by atoms with van der Waals surface area (Å²) in [5.74, 6) is -0.0723. The van der Waals surface area contributed by atoms with Crippen molar-refractivity contribution < 1.29 is 21.6 Å². The molecule has 1 atom stereocenters. The molecule has 1 N–H and O–H groups in total. The zero-order valence-electron chi connectivity index (χ0n) is 17.5. The van der Waals surface area contributed by atoms with Crippen LogP contribution >= 0.6 is 0 Å². The van der Waals surface area contributed by atoms with Gasteiger partial charge in [-0.1, -0.05) is 51.9 Å². The average molecular weight is 397 g/mol. The lowest BCUT2D eigenvalue weighted by Gasteiger charge is -2.13. The van der Waals surface area contributed by atoms with Crippen molar-refractivity contribution in [2.75, 3.05) is 34.9 Å². The second-order valence-electron chi connectivity index (χ2n) is 6.89. The molecule has 0 aromatic rings. The van der Waals surface area contributed by atoms with Gasteiger partial charge in [-0.05, 0) is 34.5 Å². The third-order valence-electron chi connectivity index (χ3n) is 3.33. The molecule has 1 unspecified atom stereocenters. The number of nitrogens with zero attached hydrogens (tertiary/aromatic N) is 1. The number of amides is 1. The molecule has 0 spiro atoms. The first-order chi connectivity index (χ1) is 12.1. The first-order valence-corrected chi connectivity index (χ1v) is 10.8. The minimum Gasteiger partial charge on any atom is -0.351 e. The standard InChI is InChI=1S/C15H31NO5S.C3H9N/c1-4-5-6-7-8-9-10-11-12-15(17)16-14(2)13-21-22(18,19)20-3;1-4(2)3/h14H,4-13H2,1-3H3,(H,16,17);1-3H3. The van der Waals surface area contributed by atoms with Gasteiger partial charge >= 0.3 is 10.4 Å². The van der Waals surface area contributed by atoms with E-state index < -0.39 is 10.4 Å². The van der Waals surface area contributed by atoms with Crippen LogP contribution in [0.2, 0.25) is 0 Å². The fraction of sp³-hybridized carbons (Fsp3) is 0.944. The molecule has 158 valence electrons. The number of unbranched alkanes of at least 4 members (excludes halogenated alkanes) is 7. The number of carbonyl (C=O) groups is 1. The smallest absolute Gasteiger partial charge is 0.351 e. The van der Waals surface area contributed by atoms with E-state index >= 15 is 0 Å². The van der Waals surface area contributed by atoms with Crippen LogP contribution in [0, 0.1) is 0 Å². The van der Waals surface area contributed by atoms with Crippen LogP contribution in [0.5, 0.6) is 0 Å². The molecule has 26 heavy (non-hydrogen) atoms. The Kier molecular flexibility index (Phi) is 18.7. The van der Waals surface area contributed by atoms with Crippen molar-refractivity contribution in [2.24, 2.45) is 0 Å². The summed E-state index contributed by atoms with van der Waals surface area (Å²) in [5.41, 5.74) is 0. The van der Waals surface area contributed by atoms with Gasteiger partial charge in [-0.15, -0.1) is 0 Å². The fourth-order valence-electron chi connectivity index (χ4n) is 2.04. The zero-order valence-corrected chi connectivity index (χ0v) is 18.4. The van der Waals surface area contributed by atoms with Crippen molar-refractivity contribution >= 4 is 16.3 Å². The lowest BCUT2D eigenvalue weighted by molar-refractivity contribution is -0.122. The summed E-state index contributed by atoms with van der Waals surface area (Å²) in [6, 6.07) is -0.369. The van der Waals surface area contributed by atoms with Gasteiger partial charge in [0.25, 0.3) is 0 Å². The molecule has 0 bridgehead atoms. The third-order valence-corrected chi connectivity index (χ3v) is 4.16. The predicted octanol–water partition coefficient (Wildman–Crippen LogP) is 3.11. The molecule has 8 heteroatoms. The van der Waals surface area contributed by atoms with Gasteiger partial charge in [0.1, 0.15) is 0 Å². The van der Waals surface area contributed by atoms with E-state index in [0.29, 0.717) is 6.42 Å². The van der Waals surface area contributed by atoms with Crippen molar-refractivity contribution in [1.29, 1.82) is 0 Å². The number of hydrogen-bond acceptors (Lipinski definition) is 6. The van der Waals surface area contributed by atoms with Gasteiger partial charge in [0.15, 0.2) is 0 Å². The topological polar surface area (TPSA) is 84.9 Å². The number of rotatable bonds is 14. The minimum absolute atomic E-state index is 0.0723. The van der Waals surface area contributed by atoms with E-state index in [4.69, 9.17) is 0 Å². The Bertz CT molecular complexity index is 425. The Balaban J connectivity index is 0. The highest BCUT2D eigenvalue weighted by Crippen LogP contribution is 2.09. The van der Waals surface area contributed by atoms with E-state index in [2.05, 4.69) is 20.6 Å². The van der Waals surface area contributed by atoms with Crippen molar-refractivity contribution in [1.82, 2.24) is 10.2 Å². The Labute approximate surface area is 161 Å².